The van der Waals surface area contributed by atoms with Crippen molar-refractivity contribution in [2.75, 3.05) is 6.61 Å². The summed E-state index contributed by atoms with van der Waals surface area (Å²) in [7, 11) is 1.70. The average molecular weight is 378 g/mol. The number of benzene rings is 2. The topological polar surface area (TPSA) is 76.2 Å². The Bertz CT molecular complexity index is 983. The second kappa shape index (κ2) is 7.13. The number of fused-ring (bicyclic) bond motifs is 1. The van der Waals surface area contributed by atoms with Crippen LogP contribution < -0.4 is 4.74 Å². The number of para-hydroxylation sites is 1. The number of aromatic hydroxyl groups is 1. The fraction of sp³-hybridized carbons (Fsp3) is 0.118. The third-order valence-corrected chi connectivity index (χ3v) is 4.09. The van der Waals surface area contributed by atoms with Crippen LogP contribution in [0.3, 0.4) is 0 Å². The second-order valence-electron chi connectivity index (χ2n) is 5.21. The highest BCUT2D eigenvalue weighted by Crippen LogP contribution is 2.37. The molecule has 0 bridgehead atoms. The molecule has 0 aliphatic carbocycles. The first-order valence-electron chi connectivity index (χ1n) is 7.26. The molecule has 3 aromatic rings. The minimum Gasteiger partial charge on any atom is -0.493 e. The van der Waals surface area contributed by atoms with Gasteiger partial charge in [-0.2, -0.15) is 0 Å². The number of carbonyl (C=O) groups excluding carboxylic acids is 1. The SMILES string of the molecule is Cn1c(O)c(N=NC(=O)COc2ccc(Cl)cc2Cl)c2ccccc21. The number of aromatic nitrogens is 1. The molecule has 0 fully saturated rings. The van der Waals surface area contributed by atoms with Crippen molar-refractivity contribution in [1.29, 1.82) is 0 Å². The standard InChI is InChI=1S/C17H13Cl2N3O3/c1-22-13-5-3-2-4-11(13)16(17(22)24)21-20-15(23)9-25-14-7-6-10(18)8-12(14)19/h2-8,24H,9H2,1H3. The molecular weight excluding hydrogens is 365 g/mol. The van der Waals surface area contributed by atoms with E-state index in [0.717, 1.165) is 5.52 Å². The number of hydrogen-bond acceptors (Lipinski definition) is 4. The van der Waals surface area contributed by atoms with Crippen LogP contribution in [0.1, 0.15) is 0 Å². The summed E-state index contributed by atoms with van der Waals surface area (Å²) in [5.74, 6) is -0.361. The molecule has 0 atom stereocenters. The maximum Gasteiger partial charge on any atom is 0.302 e. The predicted octanol–water partition coefficient (Wildman–Crippen LogP) is 4.88. The van der Waals surface area contributed by atoms with Crippen molar-refractivity contribution < 1.29 is 14.6 Å². The van der Waals surface area contributed by atoms with Crippen LogP contribution in [0.25, 0.3) is 10.9 Å². The molecule has 0 spiro atoms. The Morgan fingerprint density at radius 3 is 2.76 bits per heavy atom. The van der Waals surface area contributed by atoms with Crippen molar-refractivity contribution in [1.82, 2.24) is 4.57 Å². The van der Waals surface area contributed by atoms with Crippen molar-refractivity contribution >= 4 is 45.7 Å². The van der Waals surface area contributed by atoms with Gasteiger partial charge >= 0.3 is 5.91 Å². The molecule has 0 aliphatic rings. The molecule has 128 valence electrons. The molecule has 1 heterocycles. The number of hydrogen-bond donors (Lipinski definition) is 1. The van der Waals surface area contributed by atoms with E-state index in [1.54, 1.807) is 29.8 Å². The van der Waals surface area contributed by atoms with Gasteiger partial charge in [-0.3, -0.25) is 4.79 Å². The molecule has 0 saturated heterocycles. The van der Waals surface area contributed by atoms with Crippen LogP contribution in [0.15, 0.2) is 52.7 Å². The predicted molar refractivity (Wildman–Crippen MR) is 96.1 cm³/mol. The Morgan fingerprint density at radius 2 is 2.00 bits per heavy atom. The Kier molecular flexibility index (Phi) is 4.92. The Hall–Kier alpha value is -2.57. The monoisotopic (exact) mass is 377 g/mol. The van der Waals surface area contributed by atoms with Gasteiger partial charge in [0, 0.05) is 17.5 Å². The maximum absolute atomic E-state index is 11.9. The Morgan fingerprint density at radius 1 is 1.24 bits per heavy atom. The minimum absolute atomic E-state index is 0.0700. The van der Waals surface area contributed by atoms with Crippen LogP contribution in [-0.4, -0.2) is 22.2 Å². The van der Waals surface area contributed by atoms with Gasteiger partial charge in [-0.25, -0.2) is 0 Å². The van der Waals surface area contributed by atoms with Gasteiger partial charge in [-0.1, -0.05) is 41.4 Å². The normalized spacial score (nSPS) is 11.3. The second-order valence-corrected chi connectivity index (χ2v) is 6.05. The molecular formula is C17H13Cl2N3O3. The van der Waals surface area contributed by atoms with Gasteiger partial charge in [0.1, 0.15) is 5.75 Å². The van der Waals surface area contributed by atoms with Gasteiger partial charge in [0.05, 0.1) is 10.5 Å². The van der Waals surface area contributed by atoms with E-state index in [0.29, 0.717) is 21.2 Å². The van der Waals surface area contributed by atoms with Crippen molar-refractivity contribution in [3.63, 3.8) is 0 Å². The van der Waals surface area contributed by atoms with Crippen LogP contribution in [0.4, 0.5) is 5.69 Å². The van der Waals surface area contributed by atoms with E-state index < -0.39 is 5.91 Å². The number of nitrogens with zero attached hydrogens (tertiary/aromatic N) is 3. The minimum atomic E-state index is -0.613. The first kappa shape index (κ1) is 17.3. The molecule has 0 radical (unpaired) electrons. The molecule has 1 aromatic heterocycles. The first-order valence-corrected chi connectivity index (χ1v) is 8.02. The van der Waals surface area contributed by atoms with E-state index in [9.17, 15) is 9.90 Å². The number of azo groups is 1. The molecule has 0 saturated carbocycles. The number of carbonyl (C=O) groups is 1. The number of rotatable bonds is 4. The molecule has 6 nitrogen and oxygen atoms in total. The van der Waals surface area contributed by atoms with E-state index >= 15 is 0 Å². The molecule has 0 unspecified atom stereocenters. The van der Waals surface area contributed by atoms with E-state index in [1.165, 1.54) is 6.07 Å². The summed E-state index contributed by atoms with van der Waals surface area (Å²) in [6.45, 7) is -0.337. The lowest BCUT2D eigenvalue weighted by Gasteiger charge is -2.05. The van der Waals surface area contributed by atoms with Crippen molar-refractivity contribution in [2.45, 2.75) is 0 Å². The largest absolute Gasteiger partial charge is 0.493 e. The van der Waals surface area contributed by atoms with E-state index in [4.69, 9.17) is 27.9 Å². The first-order chi connectivity index (χ1) is 12.0. The number of aryl methyl sites for hydroxylation is 1. The molecule has 0 aliphatic heterocycles. The smallest absolute Gasteiger partial charge is 0.302 e. The summed E-state index contributed by atoms with van der Waals surface area (Å²) in [5.41, 5.74) is 1.02. The zero-order chi connectivity index (χ0) is 18.0. The zero-order valence-electron chi connectivity index (χ0n) is 13.1. The molecule has 25 heavy (non-hydrogen) atoms. The summed E-state index contributed by atoms with van der Waals surface area (Å²) < 4.78 is 6.87. The third kappa shape index (κ3) is 3.60. The van der Waals surface area contributed by atoms with Gasteiger partial charge in [-0.05, 0) is 24.3 Å². The summed E-state index contributed by atoms with van der Waals surface area (Å²) in [6.07, 6.45) is 0. The van der Waals surface area contributed by atoms with Crippen LogP contribution in [-0.2, 0) is 11.8 Å². The molecule has 2 aromatic carbocycles. The summed E-state index contributed by atoms with van der Waals surface area (Å²) in [6, 6.07) is 12.0. The Balaban J connectivity index is 1.74. The van der Waals surface area contributed by atoms with Gasteiger partial charge in [0.2, 0.25) is 5.88 Å². The van der Waals surface area contributed by atoms with Crippen LogP contribution in [0.2, 0.25) is 10.0 Å². The molecule has 8 heteroatoms. The molecule has 3 rings (SSSR count). The van der Waals surface area contributed by atoms with Crippen LogP contribution in [0.5, 0.6) is 11.6 Å². The van der Waals surface area contributed by atoms with Crippen LogP contribution >= 0.6 is 23.2 Å². The number of amides is 1. The fourth-order valence-corrected chi connectivity index (χ4v) is 2.79. The average Bonchev–Trinajstić information content (AvgIpc) is 2.84. The van der Waals surface area contributed by atoms with Gasteiger partial charge in [0.15, 0.2) is 12.3 Å². The number of ether oxygens (including phenoxy) is 1. The van der Waals surface area contributed by atoms with Gasteiger partial charge in [-0.15, -0.1) is 10.2 Å². The van der Waals surface area contributed by atoms with Crippen molar-refractivity contribution in [3.05, 3.63) is 52.5 Å². The lowest BCUT2D eigenvalue weighted by atomic mass is 10.2. The molecule has 1 N–H and O–H groups in total. The highest BCUT2D eigenvalue weighted by Gasteiger charge is 2.14. The van der Waals surface area contributed by atoms with E-state index in [1.807, 2.05) is 18.2 Å². The summed E-state index contributed by atoms with van der Waals surface area (Å²) >= 11 is 11.8. The summed E-state index contributed by atoms with van der Waals surface area (Å²) in [5, 5.41) is 19.1. The maximum atomic E-state index is 11.9. The molecule has 1 amide bonds. The van der Waals surface area contributed by atoms with Crippen molar-refractivity contribution in [3.8, 4) is 11.6 Å². The third-order valence-electron chi connectivity index (χ3n) is 3.56. The van der Waals surface area contributed by atoms with Gasteiger partial charge in [0.25, 0.3) is 0 Å². The lowest BCUT2D eigenvalue weighted by Crippen LogP contribution is -2.08. The Labute approximate surface area is 153 Å². The highest BCUT2D eigenvalue weighted by molar-refractivity contribution is 6.35. The van der Waals surface area contributed by atoms with E-state index in [-0.39, 0.29) is 18.2 Å². The fourth-order valence-electron chi connectivity index (χ4n) is 2.32. The zero-order valence-corrected chi connectivity index (χ0v) is 14.6. The van der Waals surface area contributed by atoms with Crippen LogP contribution in [0, 0.1) is 0 Å². The summed E-state index contributed by atoms with van der Waals surface area (Å²) in [4.78, 5) is 11.9. The number of halogens is 2. The van der Waals surface area contributed by atoms with Crippen molar-refractivity contribution in [2.24, 2.45) is 17.3 Å². The lowest BCUT2D eigenvalue weighted by molar-refractivity contribution is -0.120. The highest BCUT2D eigenvalue weighted by atomic mass is 35.5. The van der Waals surface area contributed by atoms with E-state index in [2.05, 4.69) is 10.2 Å². The van der Waals surface area contributed by atoms with Gasteiger partial charge < -0.3 is 14.4 Å². The quantitative estimate of drug-likeness (QED) is 0.658.